The lowest BCUT2D eigenvalue weighted by atomic mass is 9.47. The van der Waals surface area contributed by atoms with E-state index in [0.29, 0.717) is 11.8 Å². The molecule has 4 fully saturated rings. The molecule has 0 aromatic rings. The van der Waals surface area contributed by atoms with E-state index in [0.717, 1.165) is 32.1 Å². The van der Waals surface area contributed by atoms with Crippen molar-refractivity contribution in [1.82, 2.24) is 0 Å². The van der Waals surface area contributed by atoms with Crippen molar-refractivity contribution in [2.75, 3.05) is 0 Å². The van der Waals surface area contributed by atoms with Crippen molar-refractivity contribution in [2.24, 2.45) is 17.3 Å². The summed E-state index contributed by atoms with van der Waals surface area (Å²) in [5.74, 6) is 0.492. The van der Waals surface area contributed by atoms with E-state index in [4.69, 9.17) is 5.11 Å². The number of carboxylic acids is 1. The van der Waals surface area contributed by atoms with E-state index in [-0.39, 0.29) is 11.8 Å². The molecule has 4 rings (SSSR count). The van der Waals surface area contributed by atoms with Crippen LogP contribution in [0.15, 0.2) is 0 Å². The summed E-state index contributed by atoms with van der Waals surface area (Å²) in [6.07, 6.45) is 6.15. The molecule has 0 aliphatic heterocycles. The van der Waals surface area contributed by atoms with E-state index in [9.17, 15) is 9.90 Å². The van der Waals surface area contributed by atoms with Crippen LogP contribution in [0.5, 0.6) is 0 Å². The number of aliphatic carboxylic acids is 1. The standard InChI is InChI=1S/C12H18O3/c13-10(14)6-11-2-8-1-9(3-11)5-12(15,4-8)7-11/h8-9,15H,1-7H2,(H,13,14)/t8-,9?,11?,12?/m1/s1. The normalized spacial score (nSPS) is 52.1. The molecule has 0 aromatic carbocycles. The van der Waals surface area contributed by atoms with Gasteiger partial charge in [0.15, 0.2) is 0 Å². The largest absolute Gasteiger partial charge is 0.481 e. The number of aliphatic hydroxyl groups is 1. The quantitative estimate of drug-likeness (QED) is 0.730. The van der Waals surface area contributed by atoms with Crippen molar-refractivity contribution >= 4 is 5.97 Å². The summed E-state index contributed by atoms with van der Waals surface area (Å²) in [6, 6.07) is 0. The minimum Gasteiger partial charge on any atom is -0.481 e. The van der Waals surface area contributed by atoms with Gasteiger partial charge in [0.1, 0.15) is 0 Å². The Bertz CT molecular complexity index is 296. The van der Waals surface area contributed by atoms with Crippen LogP contribution in [-0.2, 0) is 4.79 Å². The van der Waals surface area contributed by atoms with Crippen molar-refractivity contribution < 1.29 is 15.0 Å². The molecule has 4 aliphatic rings. The fourth-order valence-corrected chi connectivity index (χ4v) is 4.93. The number of carbonyl (C=O) groups is 1. The van der Waals surface area contributed by atoms with Crippen LogP contribution in [0.1, 0.15) is 44.9 Å². The molecule has 2 N–H and O–H groups in total. The zero-order chi connectivity index (χ0) is 10.7. The molecule has 3 nitrogen and oxygen atoms in total. The topological polar surface area (TPSA) is 57.5 Å². The lowest BCUT2D eigenvalue weighted by Gasteiger charge is -2.60. The van der Waals surface area contributed by atoms with Crippen LogP contribution in [0.4, 0.5) is 0 Å². The monoisotopic (exact) mass is 210 g/mol. The summed E-state index contributed by atoms with van der Waals surface area (Å²) in [4.78, 5) is 10.9. The molecule has 0 heterocycles. The van der Waals surface area contributed by atoms with Crippen molar-refractivity contribution in [1.29, 1.82) is 0 Å². The highest BCUT2D eigenvalue weighted by atomic mass is 16.4. The predicted molar refractivity (Wildman–Crippen MR) is 54.3 cm³/mol. The van der Waals surface area contributed by atoms with Crippen LogP contribution >= 0.6 is 0 Å². The van der Waals surface area contributed by atoms with Gasteiger partial charge < -0.3 is 10.2 Å². The van der Waals surface area contributed by atoms with E-state index < -0.39 is 11.6 Å². The van der Waals surface area contributed by atoms with Gasteiger partial charge in [0.25, 0.3) is 0 Å². The van der Waals surface area contributed by atoms with Gasteiger partial charge in [-0.1, -0.05) is 0 Å². The van der Waals surface area contributed by atoms with E-state index in [1.54, 1.807) is 0 Å². The molecule has 3 heteroatoms. The van der Waals surface area contributed by atoms with Crippen LogP contribution < -0.4 is 0 Å². The first-order chi connectivity index (χ1) is 6.99. The third-order valence-electron chi connectivity index (χ3n) is 4.68. The molecule has 15 heavy (non-hydrogen) atoms. The van der Waals surface area contributed by atoms with Crippen molar-refractivity contribution in [3.05, 3.63) is 0 Å². The van der Waals surface area contributed by atoms with Gasteiger partial charge in [-0.25, -0.2) is 0 Å². The Labute approximate surface area is 89.5 Å². The smallest absolute Gasteiger partial charge is 0.303 e. The number of hydrogen-bond acceptors (Lipinski definition) is 2. The molecule has 3 unspecified atom stereocenters. The fourth-order valence-electron chi connectivity index (χ4n) is 4.93. The molecule has 84 valence electrons. The van der Waals surface area contributed by atoms with Crippen LogP contribution in [0.2, 0.25) is 0 Å². The zero-order valence-corrected chi connectivity index (χ0v) is 8.91. The first kappa shape index (κ1) is 9.64. The fraction of sp³-hybridized carbons (Fsp3) is 0.917. The lowest BCUT2D eigenvalue weighted by molar-refractivity contribution is -0.174. The Kier molecular flexibility index (Phi) is 1.77. The summed E-state index contributed by atoms with van der Waals surface area (Å²) >= 11 is 0. The third kappa shape index (κ3) is 1.48. The van der Waals surface area contributed by atoms with Crippen LogP contribution in [0, 0.1) is 17.3 Å². The number of carboxylic acid groups (broad SMARTS) is 1. The molecule has 4 saturated carbocycles. The average molecular weight is 210 g/mol. The molecular weight excluding hydrogens is 192 g/mol. The Balaban J connectivity index is 1.89. The maximum Gasteiger partial charge on any atom is 0.303 e. The molecule has 0 amide bonds. The van der Waals surface area contributed by atoms with Gasteiger partial charge in [-0.2, -0.15) is 0 Å². The van der Waals surface area contributed by atoms with Crippen LogP contribution in [-0.4, -0.2) is 21.8 Å². The van der Waals surface area contributed by atoms with E-state index in [1.165, 1.54) is 6.42 Å². The van der Waals surface area contributed by atoms with Gasteiger partial charge in [0, 0.05) is 0 Å². The summed E-state index contributed by atoms with van der Waals surface area (Å²) in [6.45, 7) is 0. The van der Waals surface area contributed by atoms with Gasteiger partial charge in [0.05, 0.1) is 12.0 Å². The highest BCUT2D eigenvalue weighted by Gasteiger charge is 2.57. The van der Waals surface area contributed by atoms with Crippen LogP contribution in [0.3, 0.4) is 0 Å². The van der Waals surface area contributed by atoms with Gasteiger partial charge in [-0.15, -0.1) is 0 Å². The Morgan fingerprint density at radius 3 is 2.27 bits per heavy atom. The van der Waals surface area contributed by atoms with Crippen molar-refractivity contribution in [2.45, 2.75) is 50.5 Å². The molecule has 0 saturated heterocycles. The van der Waals surface area contributed by atoms with Crippen LogP contribution in [0.25, 0.3) is 0 Å². The highest BCUT2D eigenvalue weighted by Crippen LogP contribution is 2.62. The second-order valence-corrected chi connectivity index (χ2v) is 6.26. The van der Waals surface area contributed by atoms with E-state index in [2.05, 4.69) is 0 Å². The molecular formula is C12H18O3. The molecule has 0 spiro atoms. The average Bonchev–Trinajstić information content (AvgIpc) is 1.94. The van der Waals surface area contributed by atoms with Crippen molar-refractivity contribution in [3.8, 4) is 0 Å². The maximum atomic E-state index is 10.9. The van der Waals surface area contributed by atoms with Gasteiger partial charge in [-0.3, -0.25) is 4.79 Å². The lowest BCUT2D eigenvalue weighted by Crippen LogP contribution is -2.56. The zero-order valence-electron chi connectivity index (χ0n) is 8.91. The Hall–Kier alpha value is -0.570. The maximum absolute atomic E-state index is 10.9. The highest BCUT2D eigenvalue weighted by molar-refractivity contribution is 5.67. The molecule has 4 atom stereocenters. The molecule has 0 aromatic heterocycles. The van der Waals surface area contributed by atoms with Gasteiger partial charge in [0.2, 0.25) is 0 Å². The SMILES string of the molecule is O=C(O)CC12CC3C[C@@H](CC(O)(C3)C1)C2. The van der Waals surface area contributed by atoms with E-state index >= 15 is 0 Å². The van der Waals surface area contributed by atoms with Gasteiger partial charge >= 0.3 is 5.97 Å². The summed E-state index contributed by atoms with van der Waals surface area (Å²) in [5, 5.41) is 19.4. The minimum absolute atomic E-state index is 0.0648. The number of hydrogen-bond donors (Lipinski definition) is 2. The van der Waals surface area contributed by atoms with E-state index in [1.807, 2.05) is 0 Å². The third-order valence-corrected chi connectivity index (χ3v) is 4.68. The first-order valence-electron chi connectivity index (χ1n) is 5.93. The van der Waals surface area contributed by atoms with Gasteiger partial charge in [-0.05, 0) is 55.8 Å². The Morgan fingerprint density at radius 2 is 1.80 bits per heavy atom. The molecule has 4 bridgehead atoms. The Morgan fingerprint density at radius 1 is 1.20 bits per heavy atom. The van der Waals surface area contributed by atoms with Crippen molar-refractivity contribution in [3.63, 3.8) is 0 Å². The predicted octanol–water partition coefficient (Wildman–Crippen LogP) is 1.79. The molecule has 0 radical (unpaired) electrons. The second kappa shape index (κ2) is 2.76. The minimum atomic E-state index is -0.694. The summed E-state index contributed by atoms with van der Waals surface area (Å²) < 4.78 is 0. The summed E-state index contributed by atoms with van der Waals surface area (Å²) in [5.41, 5.74) is -0.579. The second-order valence-electron chi connectivity index (χ2n) is 6.26. The molecule has 4 aliphatic carbocycles. The summed E-state index contributed by atoms with van der Waals surface area (Å²) in [7, 11) is 0. The first-order valence-corrected chi connectivity index (χ1v) is 5.93. The number of rotatable bonds is 2.